The van der Waals surface area contributed by atoms with Crippen molar-refractivity contribution in [2.75, 3.05) is 18.0 Å². The Labute approximate surface area is 164 Å². The minimum absolute atomic E-state index is 0.152. The summed E-state index contributed by atoms with van der Waals surface area (Å²) in [4.78, 5) is 19.4. The summed E-state index contributed by atoms with van der Waals surface area (Å²) in [5.41, 5.74) is 2.20. The Balaban J connectivity index is 1.44. The van der Waals surface area contributed by atoms with Gasteiger partial charge in [0.25, 0.3) is 5.91 Å². The standard InChI is InChI=1S/C22H26FN3O2/c1-15-13-26(14-16(2)28-15)19-7-10-24-20(11-19)21(27)25-22(8-9-22)12-17-3-5-18(23)6-4-17/h3-7,10-11,15-16H,8-9,12-14H2,1-2H3,(H,25,27)/t15-,16+. The molecule has 148 valence electrons. The maximum atomic E-state index is 13.1. The third kappa shape index (κ3) is 4.33. The van der Waals surface area contributed by atoms with Crippen LogP contribution >= 0.6 is 0 Å². The molecule has 0 spiro atoms. The van der Waals surface area contributed by atoms with E-state index < -0.39 is 0 Å². The highest BCUT2D eigenvalue weighted by Crippen LogP contribution is 2.39. The Morgan fingerprint density at radius 3 is 2.54 bits per heavy atom. The number of hydrogen-bond donors (Lipinski definition) is 1. The topological polar surface area (TPSA) is 54.5 Å². The predicted molar refractivity (Wildman–Crippen MR) is 106 cm³/mol. The van der Waals surface area contributed by atoms with Crippen LogP contribution in [0, 0.1) is 5.82 Å². The van der Waals surface area contributed by atoms with E-state index in [1.54, 1.807) is 18.3 Å². The van der Waals surface area contributed by atoms with E-state index in [1.807, 2.05) is 12.1 Å². The highest BCUT2D eigenvalue weighted by molar-refractivity contribution is 5.94. The minimum atomic E-state index is -0.245. The average molecular weight is 383 g/mol. The number of amides is 1. The molecule has 0 unspecified atom stereocenters. The van der Waals surface area contributed by atoms with Gasteiger partial charge >= 0.3 is 0 Å². The fourth-order valence-electron chi connectivity index (χ4n) is 3.92. The normalized spacial score (nSPS) is 23.3. The number of morpholine rings is 1. The second-order valence-electron chi connectivity index (χ2n) is 8.10. The lowest BCUT2D eigenvalue weighted by atomic mass is 10.0. The van der Waals surface area contributed by atoms with Gasteiger partial charge in [0.05, 0.1) is 12.2 Å². The second-order valence-corrected chi connectivity index (χ2v) is 8.10. The molecule has 1 saturated carbocycles. The molecule has 1 aromatic carbocycles. The number of aromatic nitrogens is 1. The first-order valence-electron chi connectivity index (χ1n) is 9.86. The summed E-state index contributed by atoms with van der Waals surface area (Å²) in [6, 6.07) is 10.3. The van der Waals surface area contributed by atoms with Crippen molar-refractivity contribution < 1.29 is 13.9 Å². The number of anilines is 1. The molecule has 1 N–H and O–H groups in total. The monoisotopic (exact) mass is 383 g/mol. The van der Waals surface area contributed by atoms with Gasteiger partial charge in [-0.15, -0.1) is 0 Å². The molecule has 1 aliphatic carbocycles. The highest BCUT2D eigenvalue weighted by atomic mass is 19.1. The van der Waals surface area contributed by atoms with Gasteiger partial charge in [0.1, 0.15) is 11.5 Å². The van der Waals surface area contributed by atoms with Crippen LogP contribution < -0.4 is 10.2 Å². The molecule has 6 heteroatoms. The first kappa shape index (κ1) is 18.9. The summed E-state index contributed by atoms with van der Waals surface area (Å²) in [7, 11) is 0. The molecule has 1 amide bonds. The Bertz CT molecular complexity index is 841. The van der Waals surface area contributed by atoms with Gasteiger partial charge in [-0.05, 0) is 62.9 Å². The molecule has 4 rings (SSSR count). The lowest BCUT2D eigenvalue weighted by Gasteiger charge is -2.36. The SMILES string of the molecule is C[C@@H]1CN(c2ccnc(C(=O)NC3(Cc4ccc(F)cc4)CC3)c2)C[C@H](C)O1. The first-order valence-corrected chi connectivity index (χ1v) is 9.86. The predicted octanol–water partition coefficient (Wildman–Crippen LogP) is 3.34. The molecule has 2 aliphatic rings. The van der Waals surface area contributed by atoms with Crippen LogP contribution in [0.2, 0.25) is 0 Å². The Morgan fingerprint density at radius 2 is 1.89 bits per heavy atom. The number of carbonyl (C=O) groups excluding carboxylic acids is 1. The largest absolute Gasteiger partial charge is 0.372 e. The van der Waals surface area contributed by atoms with Crippen LogP contribution in [0.4, 0.5) is 10.1 Å². The number of carbonyl (C=O) groups is 1. The van der Waals surface area contributed by atoms with Crippen LogP contribution in [0.5, 0.6) is 0 Å². The maximum Gasteiger partial charge on any atom is 0.270 e. The third-order valence-electron chi connectivity index (χ3n) is 5.45. The summed E-state index contributed by atoms with van der Waals surface area (Å²) < 4.78 is 18.9. The molecule has 2 atom stereocenters. The van der Waals surface area contributed by atoms with Gasteiger partial charge in [-0.25, -0.2) is 4.39 Å². The summed E-state index contributed by atoms with van der Waals surface area (Å²) in [5, 5.41) is 3.16. The molecular weight excluding hydrogens is 357 g/mol. The smallest absolute Gasteiger partial charge is 0.270 e. The van der Waals surface area contributed by atoms with E-state index >= 15 is 0 Å². The number of pyridine rings is 1. The van der Waals surface area contributed by atoms with Gasteiger partial charge in [0, 0.05) is 30.5 Å². The molecule has 5 nitrogen and oxygen atoms in total. The molecular formula is C22H26FN3O2. The molecule has 1 aliphatic heterocycles. The van der Waals surface area contributed by atoms with Crippen molar-refractivity contribution in [3.05, 3.63) is 59.7 Å². The molecule has 2 fully saturated rings. The molecule has 1 saturated heterocycles. The molecule has 0 radical (unpaired) electrons. The number of nitrogens with one attached hydrogen (secondary N) is 1. The number of hydrogen-bond acceptors (Lipinski definition) is 4. The van der Waals surface area contributed by atoms with Crippen molar-refractivity contribution in [1.82, 2.24) is 10.3 Å². The number of halogens is 1. The lowest BCUT2D eigenvalue weighted by molar-refractivity contribution is -0.00522. The molecule has 0 bridgehead atoms. The number of benzene rings is 1. The molecule has 28 heavy (non-hydrogen) atoms. The van der Waals surface area contributed by atoms with Gasteiger partial charge in [0.2, 0.25) is 0 Å². The number of rotatable bonds is 5. The van der Waals surface area contributed by atoms with Gasteiger partial charge < -0.3 is 15.0 Å². The van der Waals surface area contributed by atoms with Crippen molar-refractivity contribution in [3.8, 4) is 0 Å². The number of ether oxygens (including phenoxy) is 1. The van der Waals surface area contributed by atoms with Crippen molar-refractivity contribution in [1.29, 1.82) is 0 Å². The van der Waals surface area contributed by atoms with Crippen LogP contribution in [-0.4, -0.2) is 41.7 Å². The third-order valence-corrected chi connectivity index (χ3v) is 5.45. The Kier molecular flexibility index (Phi) is 5.06. The number of nitrogens with zero attached hydrogens (tertiary/aromatic N) is 2. The van der Waals surface area contributed by atoms with Crippen LogP contribution in [0.1, 0.15) is 42.7 Å². The van der Waals surface area contributed by atoms with Crippen molar-refractivity contribution in [3.63, 3.8) is 0 Å². The second kappa shape index (κ2) is 7.51. The first-order chi connectivity index (χ1) is 13.4. The lowest BCUT2D eigenvalue weighted by Crippen LogP contribution is -2.45. The fraction of sp³-hybridized carbons (Fsp3) is 0.455. The maximum absolute atomic E-state index is 13.1. The Hall–Kier alpha value is -2.47. The quantitative estimate of drug-likeness (QED) is 0.860. The van der Waals surface area contributed by atoms with Crippen molar-refractivity contribution in [2.45, 2.75) is 50.9 Å². The highest BCUT2D eigenvalue weighted by Gasteiger charge is 2.44. The van der Waals surface area contributed by atoms with E-state index in [9.17, 15) is 9.18 Å². The summed E-state index contributed by atoms with van der Waals surface area (Å²) >= 11 is 0. The van der Waals surface area contributed by atoms with Gasteiger partial charge in [-0.1, -0.05) is 12.1 Å². The minimum Gasteiger partial charge on any atom is -0.372 e. The van der Waals surface area contributed by atoms with E-state index in [0.717, 1.165) is 37.2 Å². The van der Waals surface area contributed by atoms with Crippen LogP contribution in [0.3, 0.4) is 0 Å². The van der Waals surface area contributed by atoms with Gasteiger partial charge in [-0.2, -0.15) is 0 Å². The molecule has 2 heterocycles. The van der Waals surface area contributed by atoms with Gasteiger partial charge in [0.15, 0.2) is 0 Å². The van der Waals surface area contributed by atoms with Gasteiger partial charge in [-0.3, -0.25) is 9.78 Å². The zero-order chi connectivity index (χ0) is 19.7. The molecule has 2 aromatic rings. The van der Waals surface area contributed by atoms with E-state index in [4.69, 9.17) is 4.74 Å². The average Bonchev–Trinajstić information content (AvgIpc) is 3.42. The van der Waals surface area contributed by atoms with Crippen LogP contribution in [0.25, 0.3) is 0 Å². The summed E-state index contributed by atoms with van der Waals surface area (Å²) in [6.45, 7) is 5.71. The van der Waals surface area contributed by atoms with E-state index in [0.29, 0.717) is 12.1 Å². The van der Waals surface area contributed by atoms with E-state index in [2.05, 4.69) is 29.0 Å². The Morgan fingerprint density at radius 1 is 1.21 bits per heavy atom. The van der Waals surface area contributed by atoms with Crippen LogP contribution in [0.15, 0.2) is 42.6 Å². The van der Waals surface area contributed by atoms with Crippen LogP contribution in [-0.2, 0) is 11.2 Å². The fourth-order valence-corrected chi connectivity index (χ4v) is 3.92. The molecule has 1 aromatic heterocycles. The van der Waals surface area contributed by atoms with Crippen molar-refractivity contribution >= 4 is 11.6 Å². The summed E-state index contributed by atoms with van der Waals surface area (Å²) in [5.74, 6) is -0.402. The zero-order valence-corrected chi connectivity index (χ0v) is 16.3. The van der Waals surface area contributed by atoms with E-state index in [1.165, 1.54) is 12.1 Å². The zero-order valence-electron chi connectivity index (χ0n) is 16.3. The van der Waals surface area contributed by atoms with E-state index in [-0.39, 0.29) is 29.5 Å². The summed E-state index contributed by atoms with van der Waals surface area (Å²) in [6.07, 6.45) is 4.55. The van der Waals surface area contributed by atoms with Crippen molar-refractivity contribution in [2.24, 2.45) is 0 Å².